The lowest BCUT2D eigenvalue weighted by atomic mass is 10.6. The van der Waals surface area contributed by atoms with Crippen LogP contribution < -0.4 is 0 Å². The van der Waals surface area contributed by atoms with Crippen LogP contribution >= 0.6 is 0 Å². The molecule has 0 aromatic carbocycles. The third-order valence-corrected chi connectivity index (χ3v) is 3.52. The van der Waals surface area contributed by atoms with Gasteiger partial charge in [0.1, 0.15) is 0 Å². The minimum Gasteiger partial charge on any atom is -0.353 e. The van der Waals surface area contributed by atoms with Gasteiger partial charge in [0.05, 0.1) is 0 Å². The quantitative estimate of drug-likeness (QED) is 0.328. The van der Waals surface area contributed by atoms with Crippen molar-refractivity contribution in [1.82, 2.24) is 0 Å². The lowest BCUT2D eigenvalue weighted by Gasteiger charge is -2.15. The SMILES string of the molecule is [CH2]CC[SiH2]CC(OCC)OCC. The van der Waals surface area contributed by atoms with Crippen molar-refractivity contribution < 1.29 is 9.47 Å². The maximum atomic E-state index is 5.42. The number of hydrogen-bond donors (Lipinski definition) is 0. The van der Waals surface area contributed by atoms with Crippen molar-refractivity contribution in [1.29, 1.82) is 0 Å². The molecule has 0 bridgehead atoms. The van der Waals surface area contributed by atoms with E-state index in [1.54, 1.807) is 0 Å². The van der Waals surface area contributed by atoms with Crippen molar-refractivity contribution >= 4 is 9.52 Å². The second kappa shape index (κ2) is 9.23. The monoisotopic (exact) mass is 189 g/mol. The van der Waals surface area contributed by atoms with Gasteiger partial charge in [0.25, 0.3) is 0 Å². The summed E-state index contributed by atoms with van der Waals surface area (Å²) in [5.74, 6) is 0. The highest BCUT2D eigenvalue weighted by Gasteiger charge is 2.06. The molecule has 0 unspecified atom stereocenters. The van der Waals surface area contributed by atoms with Gasteiger partial charge in [0.15, 0.2) is 6.29 Å². The van der Waals surface area contributed by atoms with Crippen molar-refractivity contribution in [2.45, 2.75) is 38.6 Å². The summed E-state index contributed by atoms with van der Waals surface area (Å²) in [6.07, 6.45) is 1.13. The lowest BCUT2D eigenvalue weighted by Crippen LogP contribution is -2.18. The Kier molecular flexibility index (Phi) is 9.33. The van der Waals surface area contributed by atoms with E-state index in [1.165, 1.54) is 6.04 Å². The molecule has 0 rings (SSSR count). The van der Waals surface area contributed by atoms with Gasteiger partial charge in [-0.15, -0.1) is 0 Å². The molecule has 0 aliphatic heterocycles. The molecule has 0 spiro atoms. The van der Waals surface area contributed by atoms with E-state index < -0.39 is 0 Å². The molecular formula is C9H21O2Si. The van der Waals surface area contributed by atoms with E-state index in [0.717, 1.165) is 25.7 Å². The molecule has 12 heavy (non-hydrogen) atoms. The Morgan fingerprint density at radius 1 is 1.25 bits per heavy atom. The zero-order valence-electron chi connectivity index (χ0n) is 8.34. The van der Waals surface area contributed by atoms with Crippen LogP contribution in [0.2, 0.25) is 12.1 Å². The summed E-state index contributed by atoms with van der Waals surface area (Å²) in [7, 11) is 0.0107. The maximum absolute atomic E-state index is 5.42. The first-order valence-corrected chi connectivity index (χ1v) is 6.87. The lowest BCUT2D eigenvalue weighted by molar-refractivity contribution is -0.123. The summed E-state index contributed by atoms with van der Waals surface area (Å²) in [6, 6.07) is 2.44. The van der Waals surface area contributed by atoms with Crippen molar-refractivity contribution in [3.05, 3.63) is 6.92 Å². The summed E-state index contributed by atoms with van der Waals surface area (Å²) in [5, 5.41) is 0. The molecule has 3 heteroatoms. The topological polar surface area (TPSA) is 18.5 Å². The van der Waals surface area contributed by atoms with Gasteiger partial charge < -0.3 is 9.47 Å². The molecule has 1 radical (unpaired) electrons. The fraction of sp³-hybridized carbons (Fsp3) is 0.889. The Bertz CT molecular complexity index is 82.6. The fourth-order valence-corrected chi connectivity index (χ4v) is 2.38. The van der Waals surface area contributed by atoms with Crippen molar-refractivity contribution in [3.63, 3.8) is 0 Å². The van der Waals surface area contributed by atoms with Crippen LogP contribution in [-0.2, 0) is 9.47 Å². The van der Waals surface area contributed by atoms with Crippen LogP contribution in [0.5, 0.6) is 0 Å². The zero-order chi connectivity index (χ0) is 9.23. The molecule has 0 aromatic heterocycles. The zero-order valence-corrected chi connectivity index (χ0v) is 9.76. The molecule has 0 fully saturated rings. The first-order chi connectivity index (χ1) is 5.85. The van der Waals surface area contributed by atoms with E-state index in [9.17, 15) is 0 Å². The summed E-state index contributed by atoms with van der Waals surface area (Å²) in [5.41, 5.74) is 0. The Balaban J connectivity index is 3.34. The van der Waals surface area contributed by atoms with Crippen molar-refractivity contribution in [2.75, 3.05) is 13.2 Å². The Morgan fingerprint density at radius 2 is 1.83 bits per heavy atom. The molecule has 0 N–H and O–H groups in total. The highest BCUT2D eigenvalue weighted by atomic mass is 28.2. The minimum atomic E-state index is 0.0107. The molecule has 73 valence electrons. The van der Waals surface area contributed by atoms with Crippen LogP contribution in [0, 0.1) is 6.92 Å². The van der Waals surface area contributed by atoms with Crippen LogP contribution in [0.1, 0.15) is 20.3 Å². The van der Waals surface area contributed by atoms with Crippen LogP contribution in [0.25, 0.3) is 0 Å². The second-order valence-corrected chi connectivity index (χ2v) is 4.68. The fourth-order valence-electron chi connectivity index (χ4n) is 1.07. The summed E-state index contributed by atoms with van der Waals surface area (Å²) < 4.78 is 10.8. The normalized spacial score (nSPS) is 12.0. The molecule has 0 aromatic rings. The highest BCUT2D eigenvalue weighted by molar-refractivity contribution is 6.35. The maximum Gasteiger partial charge on any atom is 0.154 e. The first kappa shape index (κ1) is 12.1. The van der Waals surface area contributed by atoms with Gasteiger partial charge in [-0.25, -0.2) is 0 Å². The largest absolute Gasteiger partial charge is 0.353 e. The standard InChI is InChI=1S/C9H21O2Si/c1-4-7-12-8-9(10-5-2)11-6-3/h9H,1,4-8,12H2,2-3H3. The highest BCUT2D eigenvalue weighted by Crippen LogP contribution is 2.03. The average molecular weight is 189 g/mol. The van der Waals surface area contributed by atoms with Crippen LogP contribution in [-0.4, -0.2) is 29.0 Å². The number of hydrogen-bond acceptors (Lipinski definition) is 2. The molecule has 0 heterocycles. The average Bonchev–Trinajstić information content (AvgIpc) is 2.06. The summed E-state index contributed by atoms with van der Waals surface area (Å²) in [4.78, 5) is 0. The van der Waals surface area contributed by atoms with Crippen LogP contribution in [0.3, 0.4) is 0 Å². The molecule has 0 aliphatic rings. The second-order valence-electron chi connectivity index (χ2n) is 2.69. The Morgan fingerprint density at radius 3 is 2.25 bits per heavy atom. The van der Waals surface area contributed by atoms with E-state index in [1.807, 2.05) is 13.8 Å². The van der Waals surface area contributed by atoms with E-state index >= 15 is 0 Å². The molecule has 0 aliphatic carbocycles. The number of rotatable bonds is 8. The number of ether oxygens (including phenoxy) is 2. The van der Waals surface area contributed by atoms with Gasteiger partial charge in [-0.1, -0.05) is 19.4 Å². The molecule has 2 nitrogen and oxygen atoms in total. The minimum absolute atomic E-state index is 0.0107. The van der Waals surface area contributed by atoms with Crippen LogP contribution in [0.4, 0.5) is 0 Å². The molecule has 0 saturated heterocycles. The predicted octanol–water partition coefficient (Wildman–Crippen LogP) is 1.62. The summed E-state index contributed by atoms with van der Waals surface area (Å²) >= 11 is 0. The third kappa shape index (κ3) is 6.82. The van der Waals surface area contributed by atoms with Crippen LogP contribution in [0.15, 0.2) is 0 Å². The third-order valence-electron chi connectivity index (χ3n) is 1.64. The van der Waals surface area contributed by atoms with Gasteiger partial charge in [-0.2, -0.15) is 0 Å². The molecule has 0 atom stereocenters. The predicted molar refractivity (Wildman–Crippen MR) is 55.2 cm³/mol. The van der Waals surface area contributed by atoms with Gasteiger partial charge in [-0.3, -0.25) is 0 Å². The first-order valence-electron chi connectivity index (χ1n) is 4.87. The van der Waals surface area contributed by atoms with E-state index in [0.29, 0.717) is 0 Å². The van der Waals surface area contributed by atoms with E-state index in [2.05, 4.69) is 6.92 Å². The Labute approximate surface area is 78.5 Å². The van der Waals surface area contributed by atoms with Crippen molar-refractivity contribution in [3.8, 4) is 0 Å². The Hall–Kier alpha value is 0.137. The molecule has 0 saturated carbocycles. The van der Waals surface area contributed by atoms with Gasteiger partial charge in [0, 0.05) is 22.7 Å². The molecule has 0 amide bonds. The van der Waals surface area contributed by atoms with E-state index in [4.69, 9.17) is 9.47 Å². The van der Waals surface area contributed by atoms with Gasteiger partial charge >= 0.3 is 0 Å². The van der Waals surface area contributed by atoms with E-state index in [-0.39, 0.29) is 15.8 Å². The smallest absolute Gasteiger partial charge is 0.154 e. The van der Waals surface area contributed by atoms with Gasteiger partial charge in [0.2, 0.25) is 0 Å². The summed E-state index contributed by atoms with van der Waals surface area (Å²) in [6.45, 7) is 9.35. The van der Waals surface area contributed by atoms with Crippen molar-refractivity contribution in [2.24, 2.45) is 0 Å². The molecular weight excluding hydrogens is 168 g/mol. The van der Waals surface area contributed by atoms with Gasteiger partial charge in [-0.05, 0) is 19.9 Å².